The van der Waals surface area contributed by atoms with Crippen LogP contribution in [0.5, 0.6) is 5.88 Å². The normalized spacial score (nSPS) is 14.1. The van der Waals surface area contributed by atoms with Crippen LogP contribution in [0.1, 0.15) is 10.4 Å². The van der Waals surface area contributed by atoms with Crippen LogP contribution in [0.3, 0.4) is 0 Å². The molecule has 0 atom stereocenters. The molecule has 1 aromatic heterocycles. The highest BCUT2D eigenvalue weighted by molar-refractivity contribution is 7.73. The molecule has 24 heavy (non-hydrogen) atoms. The van der Waals surface area contributed by atoms with Crippen molar-refractivity contribution in [3.8, 4) is 5.88 Å². The van der Waals surface area contributed by atoms with Crippen molar-refractivity contribution in [2.75, 3.05) is 0 Å². The number of nitro benzene ring substituents is 1. The van der Waals surface area contributed by atoms with Crippen molar-refractivity contribution >= 4 is 58.8 Å². The number of aromatic hydroxyl groups is 1. The summed E-state index contributed by atoms with van der Waals surface area (Å²) in [5, 5.41) is 29.9. The summed E-state index contributed by atoms with van der Waals surface area (Å²) in [6, 6.07) is 4.31. The summed E-state index contributed by atoms with van der Waals surface area (Å²) in [7, 11) is 0. The molecule has 0 saturated carbocycles. The van der Waals surface area contributed by atoms with Crippen molar-refractivity contribution < 1.29 is 19.9 Å². The molecule has 0 fully saturated rings. The number of nitrogens with zero attached hydrogens (tertiary/aromatic N) is 3. The maximum absolute atomic E-state index is 10.9. The lowest BCUT2D eigenvalue weighted by molar-refractivity contribution is -0.384. The number of hydrogen-bond acceptors (Lipinski definition) is 7. The number of carbonyl (C=O) groups is 1. The van der Waals surface area contributed by atoms with Gasteiger partial charge in [-0.05, 0) is 24.4 Å². The smallest absolute Gasteiger partial charge is 0.323 e. The van der Waals surface area contributed by atoms with E-state index in [9.17, 15) is 20.0 Å². The number of hydrogen-bond donors (Lipinski definition) is 2. The Balaban J connectivity index is 2.05. The van der Waals surface area contributed by atoms with Gasteiger partial charge in [-0.25, -0.2) is 0 Å². The minimum absolute atomic E-state index is 0.0644. The number of aromatic nitrogens is 1. The number of rotatable bonds is 4. The molecule has 0 aliphatic carbocycles. The zero-order valence-electron chi connectivity index (χ0n) is 11.9. The molecule has 0 unspecified atom stereocenters. The highest BCUT2D eigenvalue weighted by Crippen LogP contribution is 2.37. The summed E-state index contributed by atoms with van der Waals surface area (Å²) >= 11 is 6.11. The Morgan fingerprint density at radius 2 is 2.25 bits per heavy atom. The quantitative estimate of drug-likeness (QED) is 0.489. The Kier molecular flexibility index (Phi) is 3.99. The molecule has 0 saturated heterocycles. The predicted octanol–water partition coefficient (Wildman–Crippen LogP) is 3.23. The van der Waals surface area contributed by atoms with Gasteiger partial charge in [0.15, 0.2) is 3.95 Å². The molecule has 3 rings (SSSR count). The van der Waals surface area contributed by atoms with E-state index in [-0.39, 0.29) is 15.5 Å². The van der Waals surface area contributed by atoms with E-state index in [0.29, 0.717) is 21.7 Å². The highest BCUT2D eigenvalue weighted by Gasteiger charge is 2.19. The molecule has 0 amide bonds. The van der Waals surface area contributed by atoms with Gasteiger partial charge in [0.2, 0.25) is 5.88 Å². The number of thiazole rings is 1. The SMILES string of the molecule is O=C(O)Cn1c(O)c(/C=C2\C=Nc3ccc([N+](=O)[O-])cc32)sc1=S. The van der Waals surface area contributed by atoms with Gasteiger partial charge in [-0.2, -0.15) is 0 Å². The zero-order chi connectivity index (χ0) is 17.4. The van der Waals surface area contributed by atoms with E-state index in [1.165, 1.54) is 18.3 Å². The van der Waals surface area contributed by atoms with Crippen LogP contribution in [0.2, 0.25) is 0 Å². The highest BCUT2D eigenvalue weighted by atomic mass is 32.1. The second-order valence-corrected chi connectivity index (χ2v) is 6.53. The first-order valence-corrected chi connectivity index (χ1v) is 7.78. The summed E-state index contributed by atoms with van der Waals surface area (Å²) in [5.41, 5.74) is 1.65. The van der Waals surface area contributed by atoms with Crippen LogP contribution in [0.4, 0.5) is 11.4 Å². The predicted molar refractivity (Wildman–Crippen MR) is 91.6 cm³/mol. The number of nitro groups is 1. The number of benzene rings is 1. The summed E-state index contributed by atoms with van der Waals surface area (Å²) < 4.78 is 1.32. The molecule has 0 bridgehead atoms. The number of fused-ring (bicyclic) bond motifs is 1. The van der Waals surface area contributed by atoms with E-state index >= 15 is 0 Å². The van der Waals surface area contributed by atoms with Crippen molar-refractivity contribution in [3.63, 3.8) is 0 Å². The van der Waals surface area contributed by atoms with Crippen molar-refractivity contribution in [3.05, 3.63) is 42.7 Å². The summed E-state index contributed by atoms with van der Waals surface area (Å²) in [4.78, 5) is 25.8. The van der Waals surface area contributed by atoms with Crippen LogP contribution >= 0.6 is 23.6 Å². The Morgan fingerprint density at radius 3 is 2.92 bits per heavy atom. The average Bonchev–Trinajstić information content (AvgIpc) is 3.03. The molecule has 2 aromatic rings. The lowest BCUT2D eigenvalue weighted by Gasteiger charge is -2.01. The molecular weight excluding hydrogens is 354 g/mol. The van der Waals surface area contributed by atoms with Gasteiger partial charge < -0.3 is 10.2 Å². The van der Waals surface area contributed by atoms with Crippen LogP contribution in [0.25, 0.3) is 11.6 Å². The molecule has 1 aromatic carbocycles. The second kappa shape index (κ2) is 5.98. The number of non-ortho nitro benzene ring substituents is 1. The Labute approximate surface area is 143 Å². The van der Waals surface area contributed by atoms with Crippen LogP contribution in [-0.2, 0) is 11.3 Å². The monoisotopic (exact) mass is 363 g/mol. The lowest BCUT2D eigenvalue weighted by Crippen LogP contribution is -2.07. The van der Waals surface area contributed by atoms with Gasteiger partial charge in [-0.3, -0.25) is 24.5 Å². The standard InChI is InChI=1S/C14H9N3O5S2/c18-12(19)6-16-13(20)11(24-14(16)23)3-7-5-15-10-2-1-8(17(21)22)4-9(7)10/h1-5,20H,6H2,(H,18,19)/b7-3+. The number of allylic oxidation sites excluding steroid dienone is 1. The van der Waals surface area contributed by atoms with Gasteiger partial charge in [0, 0.05) is 29.5 Å². The van der Waals surface area contributed by atoms with Crippen molar-refractivity contribution in [2.45, 2.75) is 6.54 Å². The van der Waals surface area contributed by atoms with Crippen LogP contribution in [-0.4, -0.2) is 31.9 Å². The first-order chi connectivity index (χ1) is 11.4. The van der Waals surface area contributed by atoms with Gasteiger partial charge in [0.05, 0.1) is 15.5 Å². The maximum Gasteiger partial charge on any atom is 0.323 e. The first kappa shape index (κ1) is 16.0. The van der Waals surface area contributed by atoms with E-state index in [0.717, 1.165) is 15.9 Å². The summed E-state index contributed by atoms with van der Waals surface area (Å²) in [6.07, 6.45) is 3.10. The Bertz CT molecular complexity index is 987. The fourth-order valence-corrected chi connectivity index (χ4v) is 3.49. The molecule has 10 heteroatoms. The number of aliphatic imine (C=N–C) groups is 1. The minimum atomic E-state index is -1.12. The van der Waals surface area contributed by atoms with Crippen molar-refractivity contribution in [2.24, 2.45) is 4.99 Å². The first-order valence-electron chi connectivity index (χ1n) is 6.56. The van der Waals surface area contributed by atoms with Gasteiger partial charge in [-0.1, -0.05) is 0 Å². The van der Waals surface area contributed by atoms with Gasteiger partial charge in [0.25, 0.3) is 5.69 Å². The van der Waals surface area contributed by atoms with E-state index in [4.69, 9.17) is 17.3 Å². The maximum atomic E-state index is 10.9. The van der Waals surface area contributed by atoms with Crippen LogP contribution in [0, 0.1) is 14.1 Å². The van der Waals surface area contributed by atoms with Crippen LogP contribution in [0.15, 0.2) is 23.2 Å². The van der Waals surface area contributed by atoms with Crippen LogP contribution < -0.4 is 0 Å². The van der Waals surface area contributed by atoms with Gasteiger partial charge >= 0.3 is 5.97 Å². The fourth-order valence-electron chi connectivity index (χ4n) is 2.23. The largest absolute Gasteiger partial charge is 0.493 e. The molecular formula is C14H9N3O5S2. The van der Waals surface area contributed by atoms with Crippen molar-refractivity contribution in [1.82, 2.24) is 4.57 Å². The molecule has 2 heterocycles. The molecule has 2 N–H and O–H groups in total. The lowest BCUT2D eigenvalue weighted by atomic mass is 10.1. The van der Waals surface area contributed by atoms with E-state index < -0.39 is 17.4 Å². The molecule has 1 aliphatic rings. The van der Waals surface area contributed by atoms with Gasteiger partial charge in [0.1, 0.15) is 6.54 Å². The third-order valence-electron chi connectivity index (χ3n) is 3.32. The number of aliphatic carboxylic acids is 1. The number of carboxylic acid groups (broad SMARTS) is 1. The third-order valence-corrected chi connectivity index (χ3v) is 4.70. The fraction of sp³-hybridized carbons (Fsp3) is 0.0714. The zero-order valence-corrected chi connectivity index (χ0v) is 13.5. The van der Waals surface area contributed by atoms with E-state index in [2.05, 4.69) is 4.99 Å². The molecule has 0 spiro atoms. The Hall–Kier alpha value is -2.85. The minimum Gasteiger partial charge on any atom is -0.493 e. The van der Waals surface area contributed by atoms with E-state index in [1.54, 1.807) is 12.1 Å². The average molecular weight is 363 g/mol. The summed E-state index contributed by atoms with van der Waals surface area (Å²) in [6.45, 7) is -0.444. The number of carboxylic acids is 1. The summed E-state index contributed by atoms with van der Waals surface area (Å²) in [5.74, 6) is -1.38. The molecule has 1 aliphatic heterocycles. The van der Waals surface area contributed by atoms with E-state index in [1.807, 2.05) is 0 Å². The molecule has 8 nitrogen and oxygen atoms in total. The topological polar surface area (TPSA) is 118 Å². The van der Waals surface area contributed by atoms with Gasteiger partial charge in [-0.15, -0.1) is 11.3 Å². The van der Waals surface area contributed by atoms with Crippen molar-refractivity contribution in [1.29, 1.82) is 0 Å². The molecule has 0 radical (unpaired) electrons. The third kappa shape index (κ3) is 2.84. The Morgan fingerprint density at radius 1 is 1.50 bits per heavy atom. The molecule has 122 valence electrons. The second-order valence-electron chi connectivity index (χ2n) is 4.85.